The molecule has 46 heavy (non-hydrogen) atoms. The first-order valence-electron chi connectivity index (χ1n) is 16.3. The summed E-state index contributed by atoms with van der Waals surface area (Å²) in [7, 11) is 0. The molecule has 1 fully saturated rings. The lowest BCUT2D eigenvalue weighted by atomic mass is 9.73. The molecule has 3 aliphatic rings. The van der Waals surface area contributed by atoms with Crippen molar-refractivity contribution in [2.75, 3.05) is 22.9 Å². The summed E-state index contributed by atoms with van der Waals surface area (Å²) in [6.07, 6.45) is 2.71. The molecule has 0 radical (unpaired) electrons. The third-order valence-corrected chi connectivity index (χ3v) is 10.1. The van der Waals surface area contributed by atoms with Crippen molar-refractivity contribution in [1.29, 1.82) is 0 Å². The number of esters is 2. The van der Waals surface area contributed by atoms with Crippen LogP contribution in [0.3, 0.4) is 0 Å². The van der Waals surface area contributed by atoms with Crippen LogP contribution in [0.4, 0.5) is 11.4 Å². The van der Waals surface area contributed by atoms with E-state index in [4.69, 9.17) is 9.47 Å². The second-order valence-electron chi connectivity index (χ2n) is 12.9. The molecule has 8 heteroatoms. The lowest BCUT2D eigenvalue weighted by molar-refractivity contribution is -0.133. The van der Waals surface area contributed by atoms with E-state index in [-0.39, 0.29) is 35.5 Å². The molecule has 0 spiro atoms. The van der Waals surface area contributed by atoms with E-state index in [1.165, 1.54) is 13.8 Å². The minimum Gasteiger partial charge on any atom is -0.426 e. The minimum absolute atomic E-state index is 0.0155. The summed E-state index contributed by atoms with van der Waals surface area (Å²) in [5.74, 6) is -0.0684. The first-order valence-corrected chi connectivity index (χ1v) is 16.3. The lowest BCUT2D eigenvalue weighted by Crippen LogP contribution is -2.47. The van der Waals surface area contributed by atoms with Gasteiger partial charge in [-0.25, -0.2) is 0 Å². The van der Waals surface area contributed by atoms with Gasteiger partial charge in [-0.2, -0.15) is 0 Å². The van der Waals surface area contributed by atoms with Crippen molar-refractivity contribution in [1.82, 2.24) is 0 Å². The van der Waals surface area contributed by atoms with Crippen LogP contribution in [0.1, 0.15) is 76.3 Å². The van der Waals surface area contributed by atoms with Gasteiger partial charge in [-0.3, -0.25) is 19.2 Å². The van der Waals surface area contributed by atoms with Gasteiger partial charge in [0, 0.05) is 73.5 Å². The van der Waals surface area contributed by atoms with E-state index < -0.39 is 11.9 Å². The van der Waals surface area contributed by atoms with E-state index in [2.05, 4.69) is 13.8 Å². The number of amides is 2. The fourth-order valence-electron chi connectivity index (χ4n) is 7.85. The molecule has 236 valence electrons. The second kappa shape index (κ2) is 11.6. The number of nitrogens with zero attached hydrogens (tertiary/aromatic N) is 2. The summed E-state index contributed by atoms with van der Waals surface area (Å²) in [4.78, 5) is 55.7. The molecule has 4 aromatic carbocycles. The molecule has 0 N–H and O–H groups in total. The molecule has 2 atom stereocenters. The van der Waals surface area contributed by atoms with Crippen LogP contribution >= 0.6 is 0 Å². The number of rotatable bonds is 6. The Morgan fingerprint density at radius 3 is 1.35 bits per heavy atom. The highest BCUT2D eigenvalue weighted by Gasteiger charge is 2.46. The number of anilines is 2. The Kier molecular flexibility index (Phi) is 7.54. The van der Waals surface area contributed by atoms with E-state index in [1.54, 1.807) is 0 Å². The Morgan fingerprint density at radius 1 is 0.630 bits per heavy atom. The number of carbonyl (C=O) groups is 4. The van der Waals surface area contributed by atoms with Gasteiger partial charge in [-0.15, -0.1) is 0 Å². The molecular formula is C38H38N2O6. The highest BCUT2D eigenvalue weighted by Crippen LogP contribution is 2.50. The van der Waals surface area contributed by atoms with Crippen LogP contribution in [-0.4, -0.2) is 36.8 Å². The summed E-state index contributed by atoms with van der Waals surface area (Å²) in [6.45, 7) is 8.15. The van der Waals surface area contributed by atoms with E-state index in [9.17, 15) is 19.2 Å². The molecule has 0 aromatic heterocycles. The van der Waals surface area contributed by atoms with Crippen molar-refractivity contribution in [3.8, 4) is 11.5 Å². The maximum atomic E-state index is 14.0. The number of ether oxygens (including phenoxy) is 2. The molecular weight excluding hydrogens is 580 g/mol. The molecule has 1 saturated carbocycles. The minimum atomic E-state index is -0.407. The fraction of sp³-hybridized carbons (Fsp3) is 0.368. The number of hydrogen-bond acceptors (Lipinski definition) is 6. The monoisotopic (exact) mass is 618 g/mol. The van der Waals surface area contributed by atoms with E-state index in [1.807, 2.05) is 70.5 Å². The van der Waals surface area contributed by atoms with Crippen molar-refractivity contribution in [2.24, 2.45) is 11.8 Å². The zero-order chi connectivity index (χ0) is 32.3. The first kappa shape index (κ1) is 30.0. The van der Waals surface area contributed by atoms with Crippen LogP contribution in [0, 0.1) is 11.8 Å². The maximum Gasteiger partial charge on any atom is 0.308 e. The van der Waals surface area contributed by atoms with Crippen molar-refractivity contribution >= 4 is 56.7 Å². The topological polar surface area (TPSA) is 93.2 Å². The van der Waals surface area contributed by atoms with Crippen LogP contribution in [-0.2, 0) is 19.2 Å². The lowest BCUT2D eigenvalue weighted by Gasteiger charge is -2.38. The first-order chi connectivity index (χ1) is 22.2. The highest BCUT2D eigenvalue weighted by molar-refractivity contribution is 6.08. The third-order valence-electron chi connectivity index (χ3n) is 10.1. The normalized spacial score (nSPS) is 21.6. The van der Waals surface area contributed by atoms with E-state index >= 15 is 0 Å². The summed E-state index contributed by atoms with van der Waals surface area (Å²) in [6, 6.07) is 19.4. The SMILES string of the molecule is CC[C@@H]1CN(C(=O)[C@H]2C[C@@H](C(=O)N3C[C@@H](CC)c4c3cc(OC(C)=O)c3ccccc43)C2)c2cc(OC(C)=O)c3ccccc3c21. The molecule has 2 aliphatic heterocycles. The average Bonchev–Trinajstić information content (AvgIpc) is 3.58. The summed E-state index contributed by atoms with van der Waals surface area (Å²) in [5.41, 5.74) is 3.82. The Balaban J connectivity index is 1.15. The van der Waals surface area contributed by atoms with Crippen LogP contribution in [0.5, 0.6) is 11.5 Å². The molecule has 8 nitrogen and oxygen atoms in total. The number of hydrogen-bond donors (Lipinski definition) is 0. The molecule has 4 aromatic rings. The molecule has 0 bridgehead atoms. The highest BCUT2D eigenvalue weighted by atomic mass is 16.5. The molecule has 7 rings (SSSR count). The number of carbonyl (C=O) groups excluding carboxylic acids is 4. The predicted molar refractivity (Wildman–Crippen MR) is 177 cm³/mol. The van der Waals surface area contributed by atoms with Gasteiger partial charge in [-0.1, -0.05) is 62.4 Å². The van der Waals surface area contributed by atoms with Gasteiger partial charge >= 0.3 is 11.9 Å². The molecule has 0 unspecified atom stereocenters. The van der Waals surface area contributed by atoms with Crippen molar-refractivity contribution in [3.63, 3.8) is 0 Å². The summed E-state index contributed by atoms with van der Waals surface area (Å²) in [5, 5.41) is 3.72. The summed E-state index contributed by atoms with van der Waals surface area (Å²) >= 11 is 0. The van der Waals surface area contributed by atoms with Gasteiger partial charge in [0.25, 0.3) is 0 Å². The van der Waals surface area contributed by atoms with Crippen LogP contribution in [0.25, 0.3) is 21.5 Å². The summed E-state index contributed by atoms with van der Waals surface area (Å²) < 4.78 is 11.2. The van der Waals surface area contributed by atoms with Gasteiger partial charge < -0.3 is 19.3 Å². The predicted octanol–water partition coefficient (Wildman–Crippen LogP) is 7.25. The zero-order valence-electron chi connectivity index (χ0n) is 26.7. The Labute approximate surface area is 268 Å². The Hall–Kier alpha value is -4.72. The van der Waals surface area contributed by atoms with E-state index in [0.717, 1.165) is 56.9 Å². The van der Waals surface area contributed by atoms with Gasteiger partial charge in [-0.05, 0) is 47.6 Å². The van der Waals surface area contributed by atoms with Crippen LogP contribution in [0.2, 0.25) is 0 Å². The zero-order valence-corrected chi connectivity index (χ0v) is 26.7. The quantitative estimate of drug-likeness (QED) is 0.167. The average molecular weight is 619 g/mol. The van der Waals surface area contributed by atoms with Crippen LogP contribution in [0.15, 0.2) is 60.7 Å². The van der Waals surface area contributed by atoms with Gasteiger partial charge in [0.15, 0.2) is 0 Å². The van der Waals surface area contributed by atoms with Crippen molar-refractivity contribution < 1.29 is 28.7 Å². The fourth-order valence-corrected chi connectivity index (χ4v) is 7.85. The number of benzene rings is 4. The molecule has 0 saturated heterocycles. The van der Waals surface area contributed by atoms with Gasteiger partial charge in [0.1, 0.15) is 11.5 Å². The maximum absolute atomic E-state index is 14.0. The Morgan fingerprint density at radius 2 is 1.00 bits per heavy atom. The van der Waals surface area contributed by atoms with Crippen molar-refractivity contribution in [2.45, 2.75) is 65.2 Å². The van der Waals surface area contributed by atoms with Gasteiger partial charge in [0.05, 0.1) is 11.4 Å². The molecule has 1 aliphatic carbocycles. The van der Waals surface area contributed by atoms with Crippen LogP contribution < -0.4 is 19.3 Å². The number of fused-ring (bicyclic) bond motifs is 6. The molecule has 2 heterocycles. The Bertz CT molecular complexity index is 1790. The standard InChI is InChI=1S/C38H38N2O6/c1-5-23-19-39(31-17-33(45-21(3)41)27-11-7-9-13-29(27)35(23)31)37(43)25-15-26(16-25)38(44)40-20-24(6-2)36-30-14-10-8-12-28(30)34(18-32(36)40)46-22(4)42/h7-14,17-18,23-26H,5-6,15-16,19-20H2,1-4H3/t23-,24-,25-,26+/m1/s1. The largest absolute Gasteiger partial charge is 0.426 e. The van der Waals surface area contributed by atoms with Crippen molar-refractivity contribution in [3.05, 3.63) is 71.8 Å². The van der Waals surface area contributed by atoms with Gasteiger partial charge in [0.2, 0.25) is 11.8 Å². The second-order valence-corrected chi connectivity index (χ2v) is 12.9. The van der Waals surface area contributed by atoms with E-state index in [0.29, 0.717) is 37.4 Å². The smallest absolute Gasteiger partial charge is 0.308 e. The molecule has 2 amide bonds. The third kappa shape index (κ3) is 4.82.